The lowest BCUT2D eigenvalue weighted by Gasteiger charge is -2.39. The van der Waals surface area contributed by atoms with Gasteiger partial charge in [-0.25, -0.2) is 4.79 Å². The number of rotatable bonds is 0. The summed E-state index contributed by atoms with van der Waals surface area (Å²) in [6.45, 7) is 0.176. The van der Waals surface area contributed by atoms with Crippen LogP contribution in [0.1, 0.15) is 37.3 Å². The normalized spacial score (nSPS) is 24.7. The van der Waals surface area contributed by atoms with E-state index in [1.807, 2.05) is 18.2 Å². The van der Waals surface area contributed by atoms with Crippen molar-refractivity contribution in [1.29, 1.82) is 0 Å². The minimum atomic E-state index is -1.20. The summed E-state index contributed by atoms with van der Waals surface area (Å²) in [6.07, 6.45) is 2.35. The largest absolute Gasteiger partial charge is 0.465 e. The highest BCUT2D eigenvalue weighted by molar-refractivity contribution is 6.04. The fourth-order valence-corrected chi connectivity index (χ4v) is 3.51. The Kier molecular flexibility index (Phi) is 5.41. The van der Waals surface area contributed by atoms with Crippen LogP contribution in [0, 0.1) is 0 Å². The Morgan fingerprint density at radius 1 is 1.23 bits per heavy atom. The number of hydrogen-bond donors (Lipinski definition) is 3. The van der Waals surface area contributed by atoms with Crippen LogP contribution in [0.3, 0.4) is 0 Å². The highest BCUT2D eigenvalue weighted by Crippen LogP contribution is 2.27. The molecule has 140 valence electrons. The van der Waals surface area contributed by atoms with Gasteiger partial charge >= 0.3 is 6.09 Å². The van der Waals surface area contributed by atoms with Crippen LogP contribution in [0.5, 0.6) is 0 Å². The predicted molar refractivity (Wildman–Crippen MR) is 95.7 cm³/mol. The van der Waals surface area contributed by atoms with Gasteiger partial charge in [-0.3, -0.25) is 19.4 Å². The number of carboxylic acid groups (broad SMARTS) is 1. The number of nitrogens with zero attached hydrogens (tertiary/aromatic N) is 2. The van der Waals surface area contributed by atoms with Gasteiger partial charge in [0.05, 0.1) is 6.54 Å². The molecule has 2 bridgehead atoms. The molecule has 26 heavy (non-hydrogen) atoms. The van der Waals surface area contributed by atoms with Gasteiger partial charge in [-0.1, -0.05) is 25.0 Å². The second kappa shape index (κ2) is 7.74. The number of carbonyl (C=O) groups excluding carboxylic acids is 2. The van der Waals surface area contributed by atoms with E-state index in [0.717, 1.165) is 36.1 Å². The number of fused-ring (bicyclic) bond motifs is 4. The van der Waals surface area contributed by atoms with Crippen molar-refractivity contribution in [1.82, 2.24) is 10.2 Å². The molecule has 2 heterocycles. The van der Waals surface area contributed by atoms with Crippen LogP contribution in [-0.4, -0.2) is 53.6 Å². The predicted octanol–water partition coefficient (Wildman–Crippen LogP) is 1.07. The van der Waals surface area contributed by atoms with E-state index in [1.54, 1.807) is 6.07 Å². The molecule has 1 saturated heterocycles. The van der Waals surface area contributed by atoms with E-state index in [1.165, 1.54) is 4.90 Å². The molecule has 0 unspecified atom stereocenters. The summed E-state index contributed by atoms with van der Waals surface area (Å²) in [5.41, 5.74) is 7.77. The molecule has 0 radical (unpaired) electrons. The number of carbonyl (C=O) groups is 3. The number of nitrogens with one attached hydrogen (secondary N) is 1. The van der Waals surface area contributed by atoms with Gasteiger partial charge in [-0.15, -0.1) is 0 Å². The molecule has 8 heteroatoms. The van der Waals surface area contributed by atoms with E-state index in [0.29, 0.717) is 12.2 Å². The molecule has 0 aromatic heterocycles. The summed E-state index contributed by atoms with van der Waals surface area (Å²) < 4.78 is 0. The quantitative estimate of drug-likeness (QED) is 0.640. The van der Waals surface area contributed by atoms with Gasteiger partial charge < -0.3 is 16.2 Å². The van der Waals surface area contributed by atoms with Crippen LogP contribution in [0.4, 0.5) is 10.5 Å². The maximum Gasteiger partial charge on any atom is 0.407 e. The van der Waals surface area contributed by atoms with Gasteiger partial charge in [0.25, 0.3) is 0 Å². The van der Waals surface area contributed by atoms with Crippen LogP contribution in [0.15, 0.2) is 24.3 Å². The lowest BCUT2D eigenvalue weighted by molar-refractivity contribution is -0.129. The van der Waals surface area contributed by atoms with Crippen LogP contribution in [-0.2, 0) is 9.59 Å². The van der Waals surface area contributed by atoms with Crippen molar-refractivity contribution in [2.75, 3.05) is 24.5 Å². The number of piperazine rings is 1. The molecule has 1 aromatic carbocycles. The third-order valence-electron chi connectivity index (χ3n) is 4.94. The van der Waals surface area contributed by atoms with E-state index in [4.69, 9.17) is 5.73 Å². The van der Waals surface area contributed by atoms with Crippen molar-refractivity contribution >= 4 is 23.6 Å². The van der Waals surface area contributed by atoms with Gasteiger partial charge in [0.15, 0.2) is 0 Å². The molecule has 3 amide bonds. The Morgan fingerprint density at radius 2 is 2.04 bits per heavy atom. The molecular formula is C18H24N4O4. The lowest BCUT2D eigenvalue weighted by Crippen LogP contribution is -2.62. The third-order valence-corrected chi connectivity index (χ3v) is 4.94. The zero-order valence-corrected chi connectivity index (χ0v) is 14.6. The summed E-state index contributed by atoms with van der Waals surface area (Å²) in [4.78, 5) is 39.1. The second-order valence-electron chi connectivity index (χ2n) is 6.78. The molecule has 4 N–H and O–H groups in total. The number of benzene rings is 1. The van der Waals surface area contributed by atoms with Gasteiger partial charge in [-0.05, 0) is 30.5 Å². The zero-order chi connectivity index (χ0) is 18.7. The first-order valence-corrected chi connectivity index (χ1v) is 8.90. The molecule has 8 nitrogen and oxygen atoms in total. The first kappa shape index (κ1) is 18.2. The first-order chi connectivity index (χ1) is 12.5. The molecule has 0 saturated carbocycles. The van der Waals surface area contributed by atoms with Crippen molar-refractivity contribution < 1.29 is 19.5 Å². The Morgan fingerprint density at radius 3 is 2.81 bits per heavy atom. The van der Waals surface area contributed by atoms with Crippen LogP contribution < -0.4 is 16.0 Å². The van der Waals surface area contributed by atoms with Crippen molar-refractivity contribution in [3.05, 3.63) is 29.8 Å². The number of hydrogen-bond acceptors (Lipinski definition) is 4. The number of anilines is 1. The first-order valence-electron chi connectivity index (χ1n) is 8.90. The highest BCUT2D eigenvalue weighted by Gasteiger charge is 2.39. The second-order valence-corrected chi connectivity index (χ2v) is 6.78. The Hall–Kier alpha value is -2.61. The zero-order valence-electron chi connectivity index (χ0n) is 14.6. The van der Waals surface area contributed by atoms with Gasteiger partial charge in [0, 0.05) is 18.3 Å². The minimum Gasteiger partial charge on any atom is -0.465 e. The summed E-state index contributed by atoms with van der Waals surface area (Å²) in [7, 11) is 0. The van der Waals surface area contributed by atoms with E-state index in [-0.39, 0.29) is 25.0 Å². The number of amides is 3. The molecule has 0 spiro atoms. The van der Waals surface area contributed by atoms with Gasteiger partial charge in [0.1, 0.15) is 12.6 Å². The van der Waals surface area contributed by atoms with Gasteiger partial charge in [0.2, 0.25) is 11.8 Å². The summed E-state index contributed by atoms with van der Waals surface area (Å²) in [5.74, 6) is -0.752. The van der Waals surface area contributed by atoms with E-state index in [9.17, 15) is 19.5 Å². The van der Waals surface area contributed by atoms with Gasteiger partial charge in [-0.2, -0.15) is 0 Å². The minimum absolute atomic E-state index is 0.0524. The van der Waals surface area contributed by atoms with Crippen molar-refractivity contribution in [2.24, 2.45) is 5.73 Å². The molecule has 1 aromatic rings. The maximum absolute atomic E-state index is 12.7. The molecule has 0 aliphatic carbocycles. The monoisotopic (exact) mass is 360 g/mol. The molecule has 1 fully saturated rings. The fraction of sp³-hybridized carbons (Fsp3) is 0.500. The smallest absolute Gasteiger partial charge is 0.407 e. The highest BCUT2D eigenvalue weighted by atomic mass is 16.4. The lowest BCUT2D eigenvalue weighted by atomic mass is 10.00. The standard InChI is InChI=1S/C18H24N4O4/c19-14-7-2-1-3-8-20-17(24)15-10-21(18(25)26)11-16(23)22(15)13-6-4-5-12(14)9-13/h4-6,9,14-15H,1-3,7-8,10-11,19H2,(H,20,24)(H,25,26)/t14-,15-/m0/s1. The maximum atomic E-state index is 12.7. The van der Waals surface area contributed by atoms with Crippen LogP contribution in [0.2, 0.25) is 0 Å². The van der Waals surface area contributed by atoms with Crippen molar-refractivity contribution in [3.8, 4) is 0 Å². The van der Waals surface area contributed by atoms with Crippen molar-refractivity contribution in [3.63, 3.8) is 0 Å². The van der Waals surface area contributed by atoms with Crippen LogP contribution >= 0.6 is 0 Å². The molecular weight excluding hydrogens is 336 g/mol. The SMILES string of the molecule is N[C@H]1CCCCCNC(=O)[C@@H]2CN(C(=O)O)CC(=O)N2c2cccc1c2. The Bertz CT molecular complexity index is 708. The fourth-order valence-electron chi connectivity index (χ4n) is 3.51. The summed E-state index contributed by atoms with van der Waals surface area (Å²) in [6, 6.07) is 6.30. The Balaban J connectivity index is 1.99. The average molecular weight is 360 g/mol. The van der Waals surface area contributed by atoms with Crippen LogP contribution in [0.25, 0.3) is 0 Å². The molecule has 3 rings (SSSR count). The topological polar surface area (TPSA) is 116 Å². The third kappa shape index (κ3) is 3.80. The molecule has 2 aliphatic rings. The van der Waals surface area contributed by atoms with E-state index >= 15 is 0 Å². The van der Waals surface area contributed by atoms with E-state index < -0.39 is 18.0 Å². The number of nitrogens with two attached hydrogens (primary N) is 1. The Labute approximate surface area is 151 Å². The summed E-state index contributed by atoms with van der Waals surface area (Å²) >= 11 is 0. The van der Waals surface area contributed by atoms with E-state index in [2.05, 4.69) is 5.32 Å². The molecule has 2 atom stereocenters. The summed E-state index contributed by atoms with van der Waals surface area (Å²) in [5, 5.41) is 12.1. The average Bonchev–Trinajstić information content (AvgIpc) is 2.63. The molecule has 2 aliphatic heterocycles. The van der Waals surface area contributed by atoms with Crippen molar-refractivity contribution in [2.45, 2.75) is 37.8 Å².